The second-order valence-corrected chi connectivity index (χ2v) is 28.9. The Morgan fingerprint density at radius 2 is 0.636 bits per heavy atom. The standard InChI is InChI=1S/C49H36N2.C47H35N/c1-49(2,3)36-27-34-20-23-39-41(31-16-18-32(19-17-31)44-14-9-10-26-50-44)30-42(40-24-21-35(28-36)47(34)48(39)40)33-22-25-46-43(29-33)38-13-7-8-15-45(38)51(46)37-11-5-4-6-12-37;1-47(2,3)39-27-37-20-22-40-42(31-15-17-32(18-16-31)44-13-6-7-24-48-44)29-43(41-23-21-38(28-39)45(37)46(40)41)36-12-8-11-34(26-36)35-19-14-30-9-4-5-10-33(30)25-35/h4-30H,1-3H3;4-29H,1-3H3. The normalized spacial score (nSPS) is 12.1. The first-order valence-corrected chi connectivity index (χ1v) is 34.6. The number of hydrogen-bond acceptors (Lipinski definition) is 2. The third kappa shape index (κ3) is 10.4. The van der Waals surface area contributed by atoms with Crippen LogP contribution in [-0.2, 0) is 10.8 Å². The quantitative estimate of drug-likeness (QED) is 0.142. The lowest BCUT2D eigenvalue weighted by molar-refractivity contribution is 0.591. The van der Waals surface area contributed by atoms with E-state index in [0.29, 0.717) is 0 Å². The van der Waals surface area contributed by atoms with E-state index in [1.54, 1.807) is 0 Å². The van der Waals surface area contributed by atoms with Crippen molar-refractivity contribution in [2.45, 2.75) is 52.4 Å². The zero-order valence-electron chi connectivity index (χ0n) is 56.4. The van der Waals surface area contributed by atoms with Crippen LogP contribution in [0.2, 0.25) is 0 Å². The molecular formula is C96H71N3. The zero-order chi connectivity index (χ0) is 66.7. The summed E-state index contributed by atoms with van der Waals surface area (Å²) in [4.78, 5) is 9.19. The van der Waals surface area contributed by atoms with Crippen molar-refractivity contribution in [1.29, 1.82) is 0 Å². The van der Waals surface area contributed by atoms with Crippen molar-refractivity contribution >= 4 is 97.2 Å². The second-order valence-electron chi connectivity index (χ2n) is 28.9. The maximum atomic E-state index is 4.60. The molecule has 0 fully saturated rings. The summed E-state index contributed by atoms with van der Waals surface area (Å²) in [6.45, 7) is 13.8. The summed E-state index contributed by atoms with van der Waals surface area (Å²) < 4.78 is 2.39. The van der Waals surface area contributed by atoms with Crippen LogP contribution in [-0.4, -0.2) is 14.5 Å². The van der Waals surface area contributed by atoms with Gasteiger partial charge < -0.3 is 4.57 Å². The Bertz CT molecular complexity index is 6270. The Labute approximate surface area is 577 Å². The number of hydrogen-bond donors (Lipinski definition) is 0. The topological polar surface area (TPSA) is 30.7 Å². The Kier molecular flexibility index (Phi) is 14.0. The molecule has 3 aromatic heterocycles. The molecule has 0 saturated heterocycles. The molecule has 19 aromatic rings. The van der Waals surface area contributed by atoms with E-state index in [1.807, 2.05) is 36.7 Å². The van der Waals surface area contributed by atoms with Gasteiger partial charge in [-0.2, -0.15) is 0 Å². The third-order valence-corrected chi connectivity index (χ3v) is 20.7. The lowest BCUT2D eigenvalue weighted by Gasteiger charge is -2.23. The molecule has 3 heterocycles. The van der Waals surface area contributed by atoms with Crippen LogP contribution in [0.4, 0.5) is 0 Å². The average Bonchev–Trinajstić information content (AvgIpc) is 1.37. The maximum Gasteiger partial charge on any atom is 0.0701 e. The van der Waals surface area contributed by atoms with Gasteiger partial charge >= 0.3 is 0 Å². The minimum absolute atomic E-state index is 0.0600. The number of benzene rings is 16. The fourth-order valence-corrected chi connectivity index (χ4v) is 15.6. The van der Waals surface area contributed by atoms with Crippen LogP contribution in [0, 0.1) is 0 Å². The van der Waals surface area contributed by atoms with E-state index in [1.165, 1.54) is 170 Å². The second kappa shape index (κ2) is 23.4. The fraction of sp³-hybridized carbons (Fsp3) is 0.0833. The summed E-state index contributed by atoms with van der Waals surface area (Å²) in [7, 11) is 0. The van der Waals surface area contributed by atoms with Crippen LogP contribution in [0.5, 0.6) is 0 Å². The van der Waals surface area contributed by atoms with Crippen LogP contribution in [0.1, 0.15) is 52.7 Å². The lowest BCUT2D eigenvalue weighted by Crippen LogP contribution is -2.10. The van der Waals surface area contributed by atoms with Crippen molar-refractivity contribution in [3.63, 3.8) is 0 Å². The largest absolute Gasteiger partial charge is 0.309 e. The van der Waals surface area contributed by atoms with Gasteiger partial charge in [-0.1, -0.05) is 272 Å². The molecule has 0 N–H and O–H groups in total. The molecule has 3 nitrogen and oxygen atoms in total. The summed E-state index contributed by atoms with van der Waals surface area (Å²) in [6.07, 6.45) is 3.71. The van der Waals surface area contributed by atoms with Gasteiger partial charge in [0.1, 0.15) is 0 Å². The number of aromatic nitrogens is 3. The van der Waals surface area contributed by atoms with Crippen LogP contribution in [0.15, 0.2) is 322 Å². The van der Waals surface area contributed by atoms with E-state index < -0.39 is 0 Å². The molecule has 0 amide bonds. The molecule has 19 rings (SSSR count). The van der Waals surface area contributed by atoms with Crippen molar-refractivity contribution in [3.8, 4) is 83.8 Å². The minimum atomic E-state index is 0.0600. The van der Waals surface area contributed by atoms with Crippen LogP contribution in [0.25, 0.3) is 181 Å². The predicted octanol–water partition coefficient (Wildman–Crippen LogP) is 26.5. The van der Waals surface area contributed by atoms with Crippen molar-refractivity contribution in [2.75, 3.05) is 0 Å². The highest BCUT2D eigenvalue weighted by Gasteiger charge is 2.24. The van der Waals surface area contributed by atoms with Crippen LogP contribution in [0.3, 0.4) is 0 Å². The number of rotatable bonds is 8. The summed E-state index contributed by atoms with van der Waals surface area (Å²) >= 11 is 0. The van der Waals surface area contributed by atoms with E-state index in [2.05, 4.69) is 341 Å². The molecule has 16 aromatic carbocycles. The minimum Gasteiger partial charge on any atom is -0.309 e. The molecule has 0 aliphatic heterocycles. The van der Waals surface area contributed by atoms with E-state index in [-0.39, 0.29) is 10.8 Å². The Morgan fingerprint density at radius 3 is 1.15 bits per heavy atom. The van der Waals surface area contributed by atoms with Gasteiger partial charge in [0, 0.05) is 40.0 Å². The maximum absolute atomic E-state index is 4.60. The number of fused-ring (bicyclic) bond motifs is 4. The highest BCUT2D eigenvalue weighted by Crippen LogP contribution is 2.49. The number of para-hydroxylation sites is 2. The Morgan fingerprint density at radius 1 is 0.232 bits per heavy atom. The summed E-state index contributed by atoms with van der Waals surface area (Å²) in [6, 6.07) is 114. The van der Waals surface area contributed by atoms with Crippen molar-refractivity contribution in [3.05, 3.63) is 333 Å². The average molecular weight is 1270 g/mol. The summed E-state index contributed by atoms with van der Waals surface area (Å²) in [5, 5.41) is 20.7. The van der Waals surface area contributed by atoms with Crippen molar-refractivity contribution < 1.29 is 0 Å². The predicted molar refractivity (Wildman–Crippen MR) is 423 cm³/mol. The molecule has 0 aliphatic carbocycles. The molecule has 0 aliphatic rings. The van der Waals surface area contributed by atoms with E-state index in [0.717, 1.165) is 22.5 Å². The van der Waals surface area contributed by atoms with Gasteiger partial charge in [0.05, 0.1) is 22.4 Å². The fourth-order valence-electron chi connectivity index (χ4n) is 15.6. The van der Waals surface area contributed by atoms with E-state index >= 15 is 0 Å². The first kappa shape index (κ1) is 59.5. The van der Waals surface area contributed by atoms with Gasteiger partial charge in [0.2, 0.25) is 0 Å². The smallest absolute Gasteiger partial charge is 0.0701 e. The van der Waals surface area contributed by atoms with E-state index in [9.17, 15) is 0 Å². The first-order chi connectivity index (χ1) is 48.3. The molecular weight excluding hydrogens is 1200 g/mol. The molecule has 3 heteroatoms. The molecule has 0 spiro atoms. The van der Waals surface area contributed by atoms with Crippen molar-refractivity contribution in [1.82, 2.24) is 14.5 Å². The molecule has 0 unspecified atom stereocenters. The molecule has 0 saturated carbocycles. The molecule has 0 atom stereocenters. The SMILES string of the molecule is CC(C)(C)c1cc2ccc3c(-c4ccc(-c5ccccn5)cc4)cc(-c4ccc5c(c4)c4ccccc4n5-c4ccccc4)c4ccc(c1)c2c34.CC(C)(C)c1cc2ccc3c(-c4ccc(-c5ccccn5)cc4)cc(-c4cccc(-c5ccc6ccccc6c5)c4)c4ccc(c1)c2c34. The monoisotopic (exact) mass is 1270 g/mol. The Balaban J connectivity index is 0.000000143. The van der Waals surface area contributed by atoms with Gasteiger partial charge in [-0.25, -0.2) is 0 Å². The van der Waals surface area contributed by atoms with Crippen molar-refractivity contribution in [2.24, 2.45) is 0 Å². The number of pyridine rings is 2. The Hall–Kier alpha value is -12.0. The van der Waals surface area contributed by atoms with Gasteiger partial charge in [-0.05, 0) is 232 Å². The van der Waals surface area contributed by atoms with Gasteiger partial charge in [-0.15, -0.1) is 0 Å². The van der Waals surface area contributed by atoms with E-state index in [4.69, 9.17) is 0 Å². The molecule has 470 valence electrons. The lowest BCUT2D eigenvalue weighted by atomic mass is 9.81. The summed E-state index contributed by atoms with van der Waals surface area (Å²) in [5.41, 5.74) is 23.0. The molecule has 0 radical (unpaired) electrons. The van der Waals surface area contributed by atoms with Crippen LogP contribution < -0.4 is 0 Å². The van der Waals surface area contributed by atoms with Crippen LogP contribution >= 0.6 is 0 Å². The number of nitrogens with zero attached hydrogens (tertiary/aromatic N) is 3. The highest BCUT2D eigenvalue weighted by atomic mass is 15.0. The summed E-state index contributed by atoms with van der Waals surface area (Å²) in [5.74, 6) is 0. The van der Waals surface area contributed by atoms with Gasteiger partial charge in [0.25, 0.3) is 0 Å². The zero-order valence-corrected chi connectivity index (χ0v) is 56.4. The molecule has 99 heavy (non-hydrogen) atoms. The van der Waals surface area contributed by atoms with Gasteiger partial charge in [-0.3, -0.25) is 9.97 Å². The van der Waals surface area contributed by atoms with Gasteiger partial charge in [0.15, 0.2) is 0 Å². The highest BCUT2D eigenvalue weighted by molar-refractivity contribution is 6.30. The molecule has 0 bridgehead atoms. The third-order valence-electron chi connectivity index (χ3n) is 20.7. The first-order valence-electron chi connectivity index (χ1n) is 34.6.